The highest BCUT2D eigenvalue weighted by Crippen LogP contribution is 2.22. The number of hydrogen-bond acceptors (Lipinski definition) is 2. The van der Waals surface area contributed by atoms with E-state index < -0.39 is 0 Å². The summed E-state index contributed by atoms with van der Waals surface area (Å²) < 4.78 is 0. The predicted molar refractivity (Wildman–Crippen MR) is 74.2 cm³/mol. The Balaban J connectivity index is 2.17. The van der Waals surface area contributed by atoms with Crippen LogP contribution < -0.4 is 5.32 Å². The van der Waals surface area contributed by atoms with Crippen LogP contribution in [-0.4, -0.2) is 37.0 Å². The third kappa shape index (κ3) is 2.68. The molecular formula is C14H19ClN2O. The zero-order chi connectivity index (χ0) is 13.1. The Bertz CT molecular complexity index is 447. The molecule has 1 amide bonds. The van der Waals surface area contributed by atoms with Crippen LogP contribution in [-0.2, 0) is 0 Å². The van der Waals surface area contributed by atoms with Gasteiger partial charge in [0.15, 0.2) is 0 Å². The molecule has 18 heavy (non-hydrogen) atoms. The normalized spacial score (nSPS) is 19.3. The van der Waals surface area contributed by atoms with Crippen LogP contribution in [0.2, 0.25) is 5.02 Å². The predicted octanol–water partition coefficient (Wildman–Crippen LogP) is 2.47. The third-order valence-corrected chi connectivity index (χ3v) is 3.90. The van der Waals surface area contributed by atoms with Gasteiger partial charge in [-0.15, -0.1) is 0 Å². The Morgan fingerprint density at radius 1 is 1.56 bits per heavy atom. The lowest BCUT2D eigenvalue weighted by Crippen LogP contribution is -2.40. The average molecular weight is 267 g/mol. The van der Waals surface area contributed by atoms with Crippen LogP contribution >= 0.6 is 11.6 Å². The van der Waals surface area contributed by atoms with Crippen molar-refractivity contribution in [2.45, 2.75) is 25.8 Å². The second kappa shape index (κ2) is 5.72. The van der Waals surface area contributed by atoms with E-state index in [0.717, 1.165) is 31.5 Å². The van der Waals surface area contributed by atoms with E-state index in [1.165, 1.54) is 0 Å². The smallest absolute Gasteiger partial charge is 0.254 e. The van der Waals surface area contributed by atoms with Crippen molar-refractivity contribution in [2.24, 2.45) is 0 Å². The summed E-state index contributed by atoms with van der Waals surface area (Å²) in [5, 5.41) is 3.80. The van der Waals surface area contributed by atoms with E-state index >= 15 is 0 Å². The first-order valence-electron chi connectivity index (χ1n) is 6.35. The number of halogens is 1. The van der Waals surface area contributed by atoms with E-state index in [9.17, 15) is 4.79 Å². The zero-order valence-electron chi connectivity index (χ0n) is 10.9. The topological polar surface area (TPSA) is 32.3 Å². The van der Waals surface area contributed by atoms with Crippen molar-refractivity contribution in [3.63, 3.8) is 0 Å². The molecule has 0 radical (unpaired) electrons. The van der Waals surface area contributed by atoms with Gasteiger partial charge in [-0.1, -0.05) is 17.7 Å². The highest BCUT2D eigenvalue weighted by atomic mass is 35.5. The van der Waals surface area contributed by atoms with Crippen molar-refractivity contribution in [1.82, 2.24) is 10.2 Å². The van der Waals surface area contributed by atoms with E-state index in [-0.39, 0.29) is 5.91 Å². The average Bonchev–Trinajstić information content (AvgIpc) is 2.80. The number of rotatable bonds is 3. The highest BCUT2D eigenvalue weighted by molar-refractivity contribution is 6.31. The van der Waals surface area contributed by atoms with Crippen LogP contribution in [0, 0.1) is 6.92 Å². The van der Waals surface area contributed by atoms with E-state index in [2.05, 4.69) is 5.32 Å². The Hall–Kier alpha value is -1.06. The number of likely N-dealkylation sites (tertiary alicyclic amines) is 1. The summed E-state index contributed by atoms with van der Waals surface area (Å²) in [6.45, 7) is 3.64. The fourth-order valence-corrected chi connectivity index (χ4v) is 2.62. The summed E-state index contributed by atoms with van der Waals surface area (Å²) in [5.41, 5.74) is 1.69. The van der Waals surface area contributed by atoms with Gasteiger partial charge < -0.3 is 10.2 Å². The molecule has 1 saturated heterocycles. The number of likely N-dealkylation sites (N-methyl/N-ethyl adjacent to an activating group) is 1. The molecule has 2 rings (SSSR count). The Kier molecular flexibility index (Phi) is 4.25. The van der Waals surface area contributed by atoms with Crippen molar-refractivity contribution in [1.29, 1.82) is 0 Å². The number of nitrogens with one attached hydrogen (secondary N) is 1. The Morgan fingerprint density at radius 3 is 3.00 bits per heavy atom. The van der Waals surface area contributed by atoms with Gasteiger partial charge in [-0.25, -0.2) is 0 Å². The summed E-state index contributed by atoms with van der Waals surface area (Å²) >= 11 is 6.08. The lowest BCUT2D eigenvalue weighted by Gasteiger charge is -2.24. The molecule has 1 aromatic carbocycles. The van der Waals surface area contributed by atoms with Gasteiger partial charge in [0.2, 0.25) is 0 Å². The van der Waals surface area contributed by atoms with E-state index in [0.29, 0.717) is 16.6 Å². The molecule has 4 heteroatoms. The molecular weight excluding hydrogens is 248 g/mol. The lowest BCUT2D eigenvalue weighted by molar-refractivity contribution is 0.0737. The van der Waals surface area contributed by atoms with Crippen LogP contribution in [0.5, 0.6) is 0 Å². The molecule has 0 aliphatic carbocycles. The molecule has 3 nitrogen and oxygen atoms in total. The summed E-state index contributed by atoms with van der Waals surface area (Å²) in [4.78, 5) is 14.4. The Labute approximate surface area is 113 Å². The molecule has 98 valence electrons. The number of benzene rings is 1. The van der Waals surface area contributed by atoms with Crippen molar-refractivity contribution >= 4 is 17.5 Å². The van der Waals surface area contributed by atoms with Crippen LogP contribution in [0.15, 0.2) is 18.2 Å². The second-order valence-electron chi connectivity index (χ2n) is 4.82. The molecule has 0 spiro atoms. The van der Waals surface area contributed by atoms with Crippen molar-refractivity contribution in [3.8, 4) is 0 Å². The van der Waals surface area contributed by atoms with Crippen LogP contribution in [0.25, 0.3) is 0 Å². The van der Waals surface area contributed by atoms with Gasteiger partial charge in [0.25, 0.3) is 5.91 Å². The number of hydrogen-bond donors (Lipinski definition) is 1. The second-order valence-corrected chi connectivity index (χ2v) is 5.22. The van der Waals surface area contributed by atoms with E-state index in [1.807, 2.05) is 31.0 Å². The number of nitrogens with zero attached hydrogens (tertiary/aromatic N) is 1. The number of carbonyl (C=O) groups is 1. The molecule has 1 heterocycles. The monoisotopic (exact) mass is 266 g/mol. The standard InChI is InChI=1S/C14H19ClN2O/c1-10-5-6-11(8-13(10)15)14(18)17-7-3-4-12(17)9-16-2/h5-6,8,12,16H,3-4,7,9H2,1-2H3/t12-/m1/s1. The molecule has 1 N–H and O–H groups in total. The molecule has 1 fully saturated rings. The van der Waals surface area contributed by atoms with Crippen LogP contribution in [0.4, 0.5) is 0 Å². The molecule has 1 atom stereocenters. The summed E-state index contributed by atoms with van der Waals surface area (Å²) in [5.74, 6) is 0.0923. The summed E-state index contributed by atoms with van der Waals surface area (Å²) in [7, 11) is 1.92. The maximum Gasteiger partial charge on any atom is 0.254 e. The quantitative estimate of drug-likeness (QED) is 0.912. The zero-order valence-corrected chi connectivity index (χ0v) is 11.6. The third-order valence-electron chi connectivity index (χ3n) is 3.50. The number of carbonyl (C=O) groups excluding carboxylic acids is 1. The molecule has 0 saturated carbocycles. The minimum atomic E-state index is 0.0923. The van der Waals surface area contributed by atoms with Gasteiger partial charge in [-0.05, 0) is 44.5 Å². The fourth-order valence-electron chi connectivity index (χ4n) is 2.44. The molecule has 0 bridgehead atoms. The van der Waals surface area contributed by atoms with Gasteiger partial charge in [0.05, 0.1) is 0 Å². The van der Waals surface area contributed by atoms with E-state index in [4.69, 9.17) is 11.6 Å². The first kappa shape index (κ1) is 13.4. The van der Waals surface area contributed by atoms with Gasteiger partial charge in [0.1, 0.15) is 0 Å². The maximum absolute atomic E-state index is 12.4. The minimum Gasteiger partial charge on any atom is -0.334 e. The maximum atomic E-state index is 12.4. The van der Waals surface area contributed by atoms with Crippen molar-refractivity contribution in [3.05, 3.63) is 34.3 Å². The van der Waals surface area contributed by atoms with Crippen molar-refractivity contribution in [2.75, 3.05) is 20.1 Å². The van der Waals surface area contributed by atoms with Gasteiger partial charge in [-0.3, -0.25) is 4.79 Å². The largest absolute Gasteiger partial charge is 0.334 e. The lowest BCUT2D eigenvalue weighted by atomic mass is 10.1. The highest BCUT2D eigenvalue weighted by Gasteiger charge is 2.28. The Morgan fingerprint density at radius 2 is 2.33 bits per heavy atom. The summed E-state index contributed by atoms with van der Waals surface area (Å²) in [6.07, 6.45) is 2.16. The first-order valence-corrected chi connectivity index (χ1v) is 6.73. The van der Waals surface area contributed by atoms with Gasteiger partial charge >= 0.3 is 0 Å². The summed E-state index contributed by atoms with van der Waals surface area (Å²) in [6, 6.07) is 5.84. The first-order chi connectivity index (χ1) is 8.63. The fraction of sp³-hybridized carbons (Fsp3) is 0.500. The molecule has 0 unspecified atom stereocenters. The SMILES string of the molecule is CNC[C@H]1CCCN1C(=O)c1ccc(C)c(Cl)c1. The number of amides is 1. The number of aryl methyl sites for hydroxylation is 1. The van der Waals surface area contributed by atoms with Crippen molar-refractivity contribution < 1.29 is 4.79 Å². The van der Waals surface area contributed by atoms with Crippen LogP contribution in [0.3, 0.4) is 0 Å². The van der Waals surface area contributed by atoms with Crippen LogP contribution in [0.1, 0.15) is 28.8 Å². The molecule has 1 aromatic rings. The molecule has 1 aliphatic heterocycles. The molecule has 0 aromatic heterocycles. The van der Waals surface area contributed by atoms with E-state index in [1.54, 1.807) is 6.07 Å². The minimum absolute atomic E-state index is 0.0923. The van der Waals surface area contributed by atoms with Gasteiger partial charge in [-0.2, -0.15) is 0 Å². The molecule has 1 aliphatic rings. The van der Waals surface area contributed by atoms with Gasteiger partial charge in [0, 0.05) is 29.7 Å².